The summed E-state index contributed by atoms with van der Waals surface area (Å²) in [5.41, 5.74) is 5.77. The predicted octanol–water partition coefficient (Wildman–Crippen LogP) is 4.87. The van der Waals surface area contributed by atoms with Crippen LogP contribution in [0, 0.1) is 6.92 Å². The van der Waals surface area contributed by atoms with E-state index in [1.165, 1.54) is 5.56 Å². The van der Waals surface area contributed by atoms with Gasteiger partial charge in [-0.2, -0.15) is 0 Å². The van der Waals surface area contributed by atoms with E-state index in [9.17, 15) is 4.79 Å². The number of aryl methyl sites for hydroxylation is 1. The maximum atomic E-state index is 12.1. The van der Waals surface area contributed by atoms with E-state index in [1.807, 2.05) is 45.2 Å². The van der Waals surface area contributed by atoms with Crippen LogP contribution in [-0.2, 0) is 6.54 Å². The molecule has 0 saturated heterocycles. The summed E-state index contributed by atoms with van der Waals surface area (Å²) < 4.78 is 7.32. The number of benzene rings is 1. The molecule has 0 aliphatic rings. The second-order valence-corrected chi connectivity index (χ2v) is 8.00. The molecular formula is C25H29N5O2. The summed E-state index contributed by atoms with van der Waals surface area (Å²) >= 11 is 0. The molecule has 3 heterocycles. The second-order valence-electron chi connectivity index (χ2n) is 8.00. The number of nitrogens with zero attached hydrogens (tertiary/aromatic N) is 4. The predicted molar refractivity (Wildman–Crippen MR) is 127 cm³/mol. The largest absolute Gasteiger partial charge is 0.354 e. The van der Waals surface area contributed by atoms with Crippen LogP contribution in [0.15, 0.2) is 64.2 Å². The van der Waals surface area contributed by atoms with Crippen LogP contribution in [0.2, 0.25) is 0 Å². The molecule has 0 bridgehead atoms. The first-order chi connectivity index (χ1) is 15.5. The number of nitrogens with one attached hydrogen (secondary N) is 1. The van der Waals surface area contributed by atoms with Gasteiger partial charge < -0.3 is 14.4 Å². The van der Waals surface area contributed by atoms with Gasteiger partial charge in [0.2, 0.25) is 0 Å². The molecular weight excluding hydrogens is 402 g/mol. The zero-order chi connectivity index (χ0) is 22.7. The first-order valence-corrected chi connectivity index (χ1v) is 10.8. The molecule has 3 aromatic heterocycles. The van der Waals surface area contributed by atoms with Crippen molar-refractivity contribution in [3.63, 3.8) is 0 Å². The summed E-state index contributed by atoms with van der Waals surface area (Å²) in [6.07, 6.45) is 3.53. The van der Waals surface area contributed by atoms with Crippen molar-refractivity contribution < 1.29 is 5.95 Å². The molecule has 0 amide bonds. The van der Waals surface area contributed by atoms with E-state index in [4.69, 9.17) is 9.51 Å². The Morgan fingerprint density at radius 2 is 1.84 bits per heavy atom. The minimum atomic E-state index is -0.0413. The molecule has 166 valence electrons. The van der Waals surface area contributed by atoms with Crippen LogP contribution in [0.4, 0.5) is 0 Å². The third kappa shape index (κ3) is 4.53. The SMILES string of the molecule is CCNCc1ccc(-c2cc(-c3nc(-c4ccc(=O)n(C(C)C)c4)cnc3C)on2)cc1.[HH]. The van der Waals surface area contributed by atoms with Gasteiger partial charge in [0.1, 0.15) is 11.4 Å². The minimum absolute atomic E-state index is 0. The average molecular weight is 432 g/mol. The quantitative estimate of drug-likeness (QED) is 0.449. The van der Waals surface area contributed by atoms with Crippen molar-refractivity contribution in [3.8, 4) is 34.0 Å². The molecule has 0 radical (unpaired) electrons. The lowest BCUT2D eigenvalue weighted by Gasteiger charge is -2.11. The minimum Gasteiger partial charge on any atom is -0.354 e. The Balaban J connectivity index is 0.00000306. The Hall–Kier alpha value is -3.58. The van der Waals surface area contributed by atoms with Crippen molar-refractivity contribution >= 4 is 0 Å². The maximum Gasteiger partial charge on any atom is 0.250 e. The lowest BCUT2D eigenvalue weighted by Crippen LogP contribution is -2.20. The maximum absolute atomic E-state index is 12.1. The molecule has 1 N–H and O–H groups in total. The van der Waals surface area contributed by atoms with Crippen LogP contribution in [0.25, 0.3) is 34.0 Å². The molecule has 7 heteroatoms. The first kappa shape index (κ1) is 21.6. The molecule has 0 atom stereocenters. The fourth-order valence-electron chi connectivity index (χ4n) is 3.47. The van der Waals surface area contributed by atoms with Gasteiger partial charge in [-0.3, -0.25) is 9.78 Å². The van der Waals surface area contributed by atoms with Crippen molar-refractivity contribution in [1.29, 1.82) is 0 Å². The molecule has 0 aliphatic carbocycles. The molecule has 1 aromatic carbocycles. The van der Waals surface area contributed by atoms with E-state index in [1.54, 1.807) is 22.9 Å². The van der Waals surface area contributed by atoms with Gasteiger partial charge in [0.15, 0.2) is 5.76 Å². The Bertz CT molecular complexity index is 1280. The van der Waals surface area contributed by atoms with Gasteiger partial charge in [0.05, 0.1) is 17.6 Å². The second kappa shape index (κ2) is 9.28. The van der Waals surface area contributed by atoms with Crippen molar-refractivity contribution in [2.45, 2.75) is 40.3 Å². The van der Waals surface area contributed by atoms with Crippen LogP contribution in [0.1, 0.15) is 39.5 Å². The third-order valence-electron chi connectivity index (χ3n) is 5.32. The van der Waals surface area contributed by atoms with Gasteiger partial charge in [-0.15, -0.1) is 0 Å². The number of hydrogen-bond donors (Lipinski definition) is 1. The number of rotatable bonds is 7. The number of hydrogen-bond acceptors (Lipinski definition) is 6. The van der Waals surface area contributed by atoms with E-state index >= 15 is 0 Å². The van der Waals surface area contributed by atoms with Crippen LogP contribution >= 0.6 is 0 Å². The topological polar surface area (TPSA) is 85.8 Å². The highest BCUT2D eigenvalue weighted by atomic mass is 16.5. The van der Waals surface area contributed by atoms with Crippen LogP contribution in [-0.4, -0.2) is 26.2 Å². The summed E-state index contributed by atoms with van der Waals surface area (Å²) in [5, 5.41) is 7.56. The van der Waals surface area contributed by atoms with E-state index in [0.717, 1.165) is 35.6 Å². The molecule has 0 fully saturated rings. The van der Waals surface area contributed by atoms with Gasteiger partial charge in [-0.05, 0) is 38.9 Å². The van der Waals surface area contributed by atoms with Gasteiger partial charge in [0, 0.05) is 43.5 Å². The Morgan fingerprint density at radius 3 is 2.56 bits per heavy atom. The lowest BCUT2D eigenvalue weighted by molar-refractivity contribution is 0.433. The molecule has 4 aromatic rings. The molecule has 0 unspecified atom stereocenters. The van der Waals surface area contributed by atoms with Gasteiger partial charge in [0.25, 0.3) is 5.56 Å². The smallest absolute Gasteiger partial charge is 0.250 e. The van der Waals surface area contributed by atoms with Crippen molar-refractivity contribution in [3.05, 3.63) is 76.5 Å². The van der Waals surface area contributed by atoms with E-state index in [0.29, 0.717) is 17.1 Å². The monoisotopic (exact) mass is 431 g/mol. The Morgan fingerprint density at radius 1 is 1.09 bits per heavy atom. The summed E-state index contributed by atoms with van der Waals surface area (Å²) in [4.78, 5) is 21.4. The molecule has 0 saturated carbocycles. The van der Waals surface area contributed by atoms with Crippen molar-refractivity contribution in [2.24, 2.45) is 0 Å². The van der Waals surface area contributed by atoms with Crippen LogP contribution < -0.4 is 10.9 Å². The first-order valence-electron chi connectivity index (χ1n) is 10.8. The molecule has 4 rings (SSSR count). The van der Waals surface area contributed by atoms with Gasteiger partial charge >= 0.3 is 0 Å². The van der Waals surface area contributed by atoms with Crippen LogP contribution in [0.5, 0.6) is 0 Å². The zero-order valence-corrected chi connectivity index (χ0v) is 18.8. The zero-order valence-electron chi connectivity index (χ0n) is 18.8. The fraction of sp³-hybridized carbons (Fsp3) is 0.280. The van der Waals surface area contributed by atoms with Crippen molar-refractivity contribution in [1.82, 2.24) is 25.0 Å². The molecule has 7 nitrogen and oxygen atoms in total. The third-order valence-corrected chi connectivity index (χ3v) is 5.32. The fourth-order valence-corrected chi connectivity index (χ4v) is 3.47. The average Bonchev–Trinajstić information content (AvgIpc) is 3.28. The van der Waals surface area contributed by atoms with Crippen LogP contribution in [0.3, 0.4) is 0 Å². The normalized spacial score (nSPS) is 11.3. The van der Waals surface area contributed by atoms with E-state index < -0.39 is 0 Å². The molecule has 32 heavy (non-hydrogen) atoms. The summed E-state index contributed by atoms with van der Waals surface area (Å²) in [7, 11) is 0. The molecule has 0 aliphatic heterocycles. The highest BCUT2D eigenvalue weighted by molar-refractivity contribution is 5.68. The van der Waals surface area contributed by atoms with E-state index in [-0.39, 0.29) is 13.0 Å². The van der Waals surface area contributed by atoms with Gasteiger partial charge in [-0.25, -0.2) is 4.98 Å². The molecule has 0 spiro atoms. The number of aromatic nitrogens is 4. The Kier molecular flexibility index (Phi) is 6.28. The summed E-state index contributed by atoms with van der Waals surface area (Å²) in [6.45, 7) is 9.70. The standard InChI is InChI=1S/C25H27N5O2.H2/c1-5-26-13-18-6-8-19(9-7-18)21-12-23(32-29-21)25-17(4)27-14-22(28-25)20-10-11-24(31)30(15-20)16(2)3;/h6-12,14-16,26H,5,13H2,1-4H3;1H. The summed E-state index contributed by atoms with van der Waals surface area (Å²) in [6, 6.07) is 13.5. The highest BCUT2D eigenvalue weighted by Crippen LogP contribution is 2.28. The van der Waals surface area contributed by atoms with Gasteiger partial charge in [-0.1, -0.05) is 36.3 Å². The van der Waals surface area contributed by atoms with E-state index in [2.05, 4.69) is 34.5 Å². The summed E-state index contributed by atoms with van der Waals surface area (Å²) in [5.74, 6) is 0.556. The number of pyridine rings is 1. The highest BCUT2D eigenvalue weighted by Gasteiger charge is 2.15. The lowest BCUT2D eigenvalue weighted by atomic mass is 10.1. The van der Waals surface area contributed by atoms with Crippen molar-refractivity contribution in [2.75, 3.05) is 6.54 Å². The Labute approximate surface area is 188 Å².